The van der Waals surface area contributed by atoms with Gasteiger partial charge in [0.05, 0.1) is 13.2 Å². The Balaban J connectivity index is 2.14. The highest BCUT2D eigenvalue weighted by atomic mass is 16.5. The van der Waals surface area contributed by atoms with Crippen LogP contribution in [0.25, 0.3) is 5.70 Å². The molecule has 0 aliphatic carbocycles. The van der Waals surface area contributed by atoms with Crippen LogP contribution in [0.2, 0.25) is 0 Å². The smallest absolute Gasteiger partial charge is 0.0642 e. The molecule has 2 nitrogen and oxygen atoms in total. The first-order valence-corrected chi connectivity index (χ1v) is 7.00. The van der Waals surface area contributed by atoms with Crippen LogP contribution in [0, 0.1) is 0 Å². The second-order valence-electron chi connectivity index (χ2n) is 4.70. The first-order chi connectivity index (χ1) is 8.92. The molecule has 2 heteroatoms. The van der Waals surface area contributed by atoms with Crippen molar-refractivity contribution in [1.82, 2.24) is 4.90 Å². The van der Waals surface area contributed by atoms with Gasteiger partial charge >= 0.3 is 0 Å². The van der Waals surface area contributed by atoms with Crippen LogP contribution in [0.4, 0.5) is 0 Å². The van der Waals surface area contributed by atoms with E-state index in [1.54, 1.807) is 0 Å². The molecule has 1 saturated heterocycles. The zero-order chi connectivity index (χ0) is 12.6. The summed E-state index contributed by atoms with van der Waals surface area (Å²) in [4.78, 5) is 2.45. The second kappa shape index (κ2) is 7.22. The van der Waals surface area contributed by atoms with Crippen molar-refractivity contribution in [2.45, 2.75) is 26.2 Å². The van der Waals surface area contributed by atoms with Crippen molar-refractivity contribution < 1.29 is 4.74 Å². The van der Waals surface area contributed by atoms with Gasteiger partial charge in [-0.25, -0.2) is 0 Å². The third kappa shape index (κ3) is 3.61. The monoisotopic (exact) mass is 245 g/mol. The first kappa shape index (κ1) is 13.2. The summed E-state index contributed by atoms with van der Waals surface area (Å²) in [5, 5.41) is 0. The van der Waals surface area contributed by atoms with Gasteiger partial charge < -0.3 is 9.64 Å². The summed E-state index contributed by atoms with van der Waals surface area (Å²) in [6.07, 6.45) is 6.07. The van der Waals surface area contributed by atoms with Crippen molar-refractivity contribution in [3.63, 3.8) is 0 Å². The van der Waals surface area contributed by atoms with Crippen LogP contribution in [0.15, 0.2) is 36.4 Å². The third-order valence-corrected chi connectivity index (χ3v) is 3.32. The molecule has 1 aliphatic heterocycles. The Morgan fingerprint density at radius 3 is 2.61 bits per heavy atom. The van der Waals surface area contributed by atoms with Crippen molar-refractivity contribution in [1.29, 1.82) is 0 Å². The lowest BCUT2D eigenvalue weighted by Crippen LogP contribution is -2.34. The average Bonchev–Trinajstić information content (AvgIpc) is 2.46. The van der Waals surface area contributed by atoms with Crippen molar-refractivity contribution in [2.24, 2.45) is 0 Å². The van der Waals surface area contributed by atoms with Gasteiger partial charge in [-0.05, 0) is 18.4 Å². The lowest BCUT2D eigenvalue weighted by molar-refractivity contribution is 0.0638. The quantitative estimate of drug-likeness (QED) is 0.736. The molecular weight excluding hydrogens is 222 g/mol. The van der Waals surface area contributed by atoms with Crippen molar-refractivity contribution >= 4 is 5.70 Å². The van der Waals surface area contributed by atoms with E-state index in [2.05, 4.69) is 48.2 Å². The van der Waals surface area contributed by atoms with Crippen LogP contribution in [0.3, 0.4) is 0 Å². The molecule has 1 aromatic rings. The number of benzene rings is 1. The van der Waals surface area contributed by atoms with E-state index in [0.717, 1.165) is 32.7 Å². The molecule has 1 heterocycles. The Labute approximate surface area is 110 Å². The van der Waals surface area contributed by atoms with Gasteiger partial charge in [0.2, 0.25) is 0 Å². The number of hydrogen-bond donors (Lipinski definition) is 0. The summed E-state index contributed by atoms with van der Waals surface area (Å²) < 4.78 is 5.44. The molecule has 0 amide bonds. The minimum Gasteiger partial charge on any atom is -0.378 e. The molecule has 0 unspecified atom stereocenters. The molecule has 0 saturated carbocycles. The number of allylic oxidation sites excluding steroid dienone is 1. The van der Waals surface area contributed by atoms with Gasteiger partial charge in [-0.3, -0.25) is 0 Å². The van der Waals surface area contributed by atoms with Crippen molar-refractivity contribution in [3.8, 4) is 0 Å². The molecule has 1 fully saturated rings. The lowest BCUT2D eigenvalue weighted by Gasteiger charge is -2.31. The van der Waals surface area contributed by atoms with Crippen molar-refractivity contribution in [3.05, 3.63) is 42.0 Å². The second-order valence-corrected chi connectivity index (χ2v) is 4.70. The summed E-state index contributed by atoms with van der Waals surface area (Å²) in [5.74, 6) is 0. The lowest BCUT2D eigenvalue weighted by atomic mass is 10.1. The van der Waals surface area contributed by atoms with Gasteiger partial charge in [0.25, 0.3) is 0 Å². The van der Waals surface area contributed by atoms with E-state index in [1.807, 2.05) is 0 Å². The van der Waals surface area contributed by atoms with Crippen LogP contribution in [-0.2, 0) is 4.74 Å². The number of morpholine rings is 1. The van der Waals surface area contributed by atoms with Crippen LogP contribution in [-0.4, -0.2) is 31.2 Å². The number of rotatable bonds is 5. The first-order valence-electron chi connectivity index (χ1n) is 7.00. The van der Waals surface area contributed by atoms with Gasteiger partial charge in [-0.2, -0.15) is 0 Å². The average molecular weight is 245 g/mol. The standard InChI is InChI=1S/C16H23NO/c1-2-3-5-10-16(15-8-6-4-7-9-15)17-11-13-18-14-12-17/h4,6-10H,2-3,5,11-14H2,1H3/b16-10+. The highest BCUT2D eigenvalue weighted by Gasteiger charge is 2.14. The molecule has 0 radical (unpaired) electrons. The molecule has 1 aromatic carbocycles. The number of nitrogens with zero attached hydrogens (tertiary/aromatic N) is 1. The summed E-state index contributed by atoms with van der Waals surface area (Å²) in [6.45, 7) is 5.94. The summed E-state index contributed by atoms with van der Waals surface area (Å²) in [7, 11) is 0. The Morgan fingerprint density at radius 1 is 1.22 bits per heavy atom. The van der Waals surface area contributed by atoms with Crippen LogP contribution >= 0.6 is 0 Å². The Bertz CT molecular complexity index is 366. The maximum absolute atomic E-state index is 5.44. The van der Waals surface area contributed by atoms with Gasteiger partial charge in [0.15, 0.2) is 0 Å². The fraction of sp³-hybridized carbons (Fsp3) is 0.500. The van der Waals surface area contributed by atoms with Gasteiger partial charge in [-0.1, -0.05) is 49.8 Å². The fourth-order valence-corrected chi connectivity index (χ4v) is 2.29. The minimum absolute atomic E-state index is 0.845. The van der Waals surface area contributed by atoms with E-state index < -0.39 is 0 Å². The van der Waals surface area contributed by atoms with E-state index in [0.29, 0.717) is 0 Å². The Hall–Kier alpha value is -1.28. The largest absolute Gasteiger partial charge is 0.378 e. The predicted molar refractivity (Wildman–Crippen MR) is 76.3 cm³/mol. The van der Waals surface area contributed by atoms with Gasteiger partial charge in [0, 0.05) is 18.8 Å². The Kier molecular flexibility index (Phi) is 5.28. The van der Waals surface area contributed by atoms with Crippen molar-refractivity contribution in [2.75, 3.05) is 26.3 Å². The van der Waals surface area contributed by atoms with Crippen LogP contribution in [0.5, 0.6) is 0 Å². The molecule has 1 aliphatic rings. The van der Waals surface area contributed by atoms with E-state index in [9.17, 15) is 0 Å². The van der Waals surface area contributed by atoms with Gasteiger partial charge in [-0.15, -0.1) is 0 Å². The maximum atomic E-state index is 5.44. The molecule has 2 rings (SSSR count). The minimum atomic E-state index is 0.845. The zero-order valence-corrected chi connectivity index (χ0v) is 11.3. The molecule has 98 valence electrons. The summed E-state index contributed by atoms with van der Waals surface area (Å²) in [6, 6.07) is 10.7. The van der Waals surface area contributed by atoms with E-state index in [1.165, 1.54) is 24.1 Å². The highest BCUT2D eigenvalue weighted by Crippen LogP contribution is 2.21. The van der Waals surface area contributed by atoms with E-state index >= 15 is 0 Å². The zero-order valence-electron chi connectivity index (χ0n) is 11.3. The third-order valence-electron chi connectivity index (χ3n) is 3.32. The summed E-state index contributed by atoms with van der Waals surface area (Å²) in [5.41, 5.74) is 2.71. The van der Waals surface area contributed by atoms with Crippen LogP contribution in [0.1, 0.15) is 31.7 Å². The number of hydrogen-bond acceptors (Lipinski definition) is 2. The summed E-state index contributed by atoms with van der Waals surface area (Å²) >= 11 is 0. The van der Waals surface area contributed by atoms with E-state index in [-0.39, 0.29) is 0 Å². The molecule has 0 spiro atoms. The van der Waals surface area contributed by atoms with E-state index in [4.69, 9.17) is 4.74 Å². The molecule has 0 atom stereocenters. The Morgan fingerprint density at radius 2 is 1.94 bits per heavy atom. The maximum Gasteiger partial charge on any atom is 0.0642 e. The topological polar surface area (TPSA) is 12.5 Å². The normalized spacial score (nSPS) is 16.9. The number of unbranched alkanes of at least 4 members (excludes halogenated alkanes) is 2. The predicted octanol–water partition coefficient (Wildman–Crippen LogP) is 3.55. The molecule has 0 bridgehead atoms. The SMILES string of the molecule is CCCC/C=C(\c1ccccc1)N1CCOCC1. The molecule has 0 N–H and O–H groups in total. The number of ether oxygens (including phenoxy) is 1. The molecular formula is C16H23NO. The molecule has 18 heavy (non-hydrogen) atoms. The molecule has 0 aromatic heterocycles. The highest BCUT2D eigenvalue weighted by molar-refractivity contribution is 5.64. The van der Waals surface area contributed by atoms with Crippen LogP contribution < -0.4 is 0 Å². The fourth-order valence-electron chi connectivity index (χ4n) is 2.29. The van der Waals surface area contributed by atoms with Gasteiger partial charge in [0.1, 0.15) is 0 Å².